The first-order chi connectivity index (χ1) is 10.0. The summed E-state index contributed by atoms with van der Waals surface area (Å²) in [7, 11) is 0. The van der Waals surface area contributed by atoms with E-state index < -0.39 is 29.7 Å². The largest absolute Gasteiger partial charge is 0.481 e. The third-order valence-corrected chi connectivity index (χ3v) is 3.50. The maximum absolute atomic E-state index is 12.3. The summed E-state index contributed by atoms with van der Waals surface area (Å²) in [6.07, 6.45) is 4.15. The number of hydrogen-bond acceptors (Lipinski definition) is 3. The maximum Gasteiger partial charge on any atom is 0.337 e. The summed E-state index contributed by atoms with van der Waals surface area (Å²) in [6, 6.07) is 6.03. The van der Waals surface area contributed by atoms with E-state index in [4.69, 9.17) is 10.2 Å². The smallest absolute Gasteiger partial charge is 0.337 e. The van der Waals surface area contributed by atoms with E-state index in [1.54, 1.807) is 24.3 Å². The fraction of sp³-hybridized carbons (Fsp3) is 0.267. The van der Waals surface area contributed by atoms with E-state index in [-0.39, 0.29) is 11.3 Å². The fourth-order valence-electron chi connectivity index (χ4n) is 2.38. The first-order valence-corrected chi connectivity index (χ1v) is 6.51. The third kappa shape index (κ3) is 3.28. The minimum atomic E-state index is -1.15. The number of carbonyl (C=O) groups excluding carboxylic acids is 1. The molecule has 3 N–H and O–H groups in total. The molecule has 6 heteroatoms. The highest BCUT2D eigenvalue weighted by Crippen LogP contribution is 2.27. The Morgan fingerprint density at radius 1 is 1.00 bits per heavy atom. The number of amides is 1. The molecule has 0 bridgehead atoms. The van der Waals surface area contributed by atoms with Gasteiger partial charge in [0.05, 0.1) is 23.1 Å². The Labute approximate surface area is 121 Å². The molecule has 1 aliphatic rings. The maximum atomic E-state index is 12.3. The van der Waals surface area contributed by atoms with Crippen molar-refractivity contribution in [3.8, 4) is 0 Å². The molecule has 0 radical (unpaired) electrons. The molecule has 0 heterocycles. The fourth-order valence-corrected chi connectivity index (χ4v) is 2.38. The highest BCUT2D eigenvalue weighted by molar-refractivity contribution is 6.02. The number of aliphatic carboxylic acids is 1. The molecular weight excluding hydrogens is 274 g/mol. The molecule has 110 valence electrons. The van der Waals surface area contributed by atoms with E-state index in [2.05, 4.69) is 5.32 Å². The van der Waals surface area contributed by atoms with Gasteiger partial charge in [-0.05, 0) is 25.0 Å². The van der Waals surface area contributed by atoms with Crippen molar-refractivity contribution in [1.82, 2.24) is 0 Å². The topological polar surface area (TPSA) is 104 Å². The lowest BCUT2D eigenvalue weighted by atomic mass is 9.82. The van der Waals surface area contributed by atoms with Crippen molar-refractivity contribution < 1.29 is 24.6 Å². The summed E-state index contributed by atoms with van der Waals surface area (Å²) in [5.41, 5.74) is 0.151. The van der Waals surface area contributed by atoms with Crippen molar-refractivity contribution in [1.29, 1.82) is 0 Å². The summed E-state index contributed by atoms with van der Waals surface area (Å²) < 4.78 is 0. The first kappa shape index (κ1) is 14.8. The van der Waals surface area contributed by atoms with E-state index >= 15 is 0 Å². The van der Waals surface area contributed by atoms with Crippen LogP contribution in [0, 0.1) is 11.8 Å². The van der Waals surface area contributed by atoms with Gasteiger partial charge in [0.1, 0.15) is 0 Å². The van der Waals surface area contributed by atoms with Crippen LogP contribution >= 0.6 is 0 Å². The minimum Gasteiger partial charge on any atom is -0.481 e. The molecule has 0 saturated carbocycles. The number of carboxylic acid groups (broad SMARTS) is 2. The molecule has 1 aromatic carbocycles. The number of nitrogens with one attached hydrogen (secondary N) is 1. The van der Waals surface area contributed by atoms with Crippen LogP contribution in [0.4, 0.5) is 5.69 Å². The highest BCUT2D eigenvalue weighted by Gasteiger charge is 2.34. The zero-order chi connectivity index (χ0) is 15.4. The Morgan fingerprint density at radius 2 is 1.62 bits per heavy atom. The van der Waals surface area contributed by atoms with Gasteiger partial charge in [-0.2, -0.15) is 0 Å². The lowest BCUT2D eigenvalue weighted by molar-refractivity contribution is -0.146. The number of rotatable bonds is 4. The average molecular weight is 289 g/mol. The third-order valence-electron chi connectivity index (χ3n) is 3.50. The number of para-hydroxylation sites is 1. The summed E-state index contributed by atoms with van der Waals surface area (Å²) in [6.45, 7) is 0. The van der Waals surface area contributed by atoms with Crippen molar-refractivity contribution in [3.63, 3.8) is 0 Å². The van der Waals surface area contributed by atoms with Crippen LogP contribution in [-0.4, -0.2) is 28.1 Å². The van der Waals surface area contributed by atoms with Crippen LogP contribution in [0.5, 0.6) is 0 Å². The van der Waals surface area contributed by atoms with Crippen molar-refractivity contribution in [2.45, 2.75) is 12.8 Å². The van der Waals surface area contributed by atoms with Crippen molar-refractivity contribution in [2.24, 2.45) is 11.8 Å². The van der Waals surface area contributed by atoms with Gasteiger partial charge in [-0.3, -0.25) is 9.59 Å². The van der Waals surface area contributed by atoms with Gasteiger partial charge < -0.3 is 15.5 Å². The molecule has 1 amide bonds. The van der Waals surface area contributed by atoms with Crippen molar-refractivity contribution >= 4 is 23.5 Å². The summed E-state index contributed by atoms with van der Waals surface area (Å²) in [4.78, 5) is 34.5. The van der Waals surface area contributed by atoms with Crippen LogP contribution in [0.2, 0.25) is 0 Å². The normalized spacial score (nSPS) is 20.8. The predicted molar refractivity (Wildman–Crippen MR) is 75.0 cm³/mol. The van der Waals surface area contributed by atoms with Gasteiger partial charge in [-0.25, -0.2) is 4.79 Å². The number of carbonyl (C=O) groups is 3. The van der Waals surface area contributed by atoms with Crippen molar-refractivity contribution in [3.05, 3.63) is 42.0 Å². The Morgan fingerprint density at radius 3 is 2.24 bits per heavy atom. The highest BCUT2D eigenvalue weighted by atomic mass is 16.4. The standard InChI is InChI=1S/C15H15NO5/c17-13(9-5-1-2-6-10(9)14(18)19)16-12-8-4-3-7-11(12)15(20)21/h1-4,7-10H,5-6H2,(H,16,17)(H,18,19)(H,20,21)/t9-,10-/m0/s1. The molecule has 0 spiro atoms. The van der Waals surface area contributed by atoms with Gasteiger partial charge in [0.25, 0.3) is 0 Å². The molecule has 1 aliphatic carbocycles. The average Bonchev–Trinajstić information content (AvgIpc) is 2.47. The first-order valence-electron chi connectivity index (χ1n) is 6.51. The lowest BCUT2D eigenvalue weighted by Crippen LogP contribution is -2.35. The van der Waals surface area contributed by atoms with Gasteiger partial charge in [0.15, 0.2) is 0 Å². The number of aromatic carboxylic acids is 1. The molecular formula is C15H15NO5. The molecule has 6 nitrogen and oxygen atoms in total. The second-order valence-corrected chi connectivity index (χ2v) is 4.83. The molecule has 2 atom stereocenters. The van der Waals surface area contributed by atoms with Crippen molar-refractivity contribution in [2.75, 3.05) is 5.32 Å². The number of carboxylic acids is 2. The van der Waals surface area contributed by atoms with Gasteiger partial charge in [0, 0.05) is 0 Å². The number of anilines is 1. The summed E-state index contributed by atoms with van der Waals surface area (Å²) in [5.74, 6) is -4.13. The lowest BCUT2D eigenvalue weighted by Gasteiger charge is -2.24. The molecule has 0 unspecified atom stereocenters. The van der Waals surface area contributed by atoms with E-state index in [9.17, 15) is 14.4 Å². The van der Waals surface area contributed by atoms with Crippen LogP contribution in [0.3, 0.4) is 0 Å². The quantitative estimate of drug-likeness (QED) is 0.735. The van der Waals surface area contributed by atoms with Gasteiger partial charge in [0.2, 0.25) is 5.91 Å². The van der Waals surface area contributed by atoms with E-state index in [1.807, 2.05) is 0 Å². The van der Waals surface area contributed by atoms with E-state index in [1.165, 1.54) is 12.1 Å². The second kappa shape index (κ2) is 6.21. The van der Waals surface area contributed by atoms with E-state index in [0.717, 1.165) is 0 Å². The van der Waals surface area contributed by atoms with Crippen LogP contribution in [0.25, 0.3) is 0 Å². The molecule has 0 aliphatic heterocycles. The van der Waals surface area contributed by atoms with Crippen LogP contribution in [0.1, 0.15) is 23.2 Å². The molecule has 2 rings (SSSR count). The number of benzene rings is 1. The summed E-state index contributed by atoms with van der Waals surface area (Å²) in [5, 5.41) is 20.8. The molecule has 0 fully saturated rings. The molecule has 21 heavy (non-hydrogen) atoms. The Hall–Kier alpha value is -2.63. The van der Waals surface area contributed by atoms with Crippen LogP contribution < -0.4 is 5.32 Å². The predicted octanol–water partition coefficient (Wildman–Crippen LogP) is 1.99. The molecule has 0 aromatic heterocycles. The molecule has 1 aromatic rings. The van der Waals surface area contributed by atoms with Crippen LogP contribution in [0.15, 0.2) is 36.4 Å². The minimum absolute atomic E-state index is 0.0240. The van der Waals surface area contributed by atoms with Gasteiger partial charge in [-0.1, -0.05) is 24.3 Å². The zero-order valence-corrected chi connectivity index (χ0v) is 11.2. The Bertz CT molecular complexity index is 608. The molecule has 0 saturated heterocycles. The second-order valence-electron chi connectivity index (χ2n) is 4.83. The Kier molecular flexibility index (Phi) is 4.37. The monoisotopic (exact) mass is 289 g/mol. The number of allylic oxidation sites excluding steroid dienone is 2. The SMILES string of the molecule is O=C(O)c1ccccc1NC(=O)[C@H]1CC=CC[C@@H]1C(=O)O. The Balaban J connectivity index is 2.20. The number of hydrogen-bond donors (Lipinski definition) is 3. The van der Waals surface area contributed by atoms with Crippen LogP contribution in [-0.2, 0) is 9.59 Å². The van der Waals surface area contributed by atoms with Gasteiger partial charge in [-0.15, -0.1) is 0 Å². The van der Waals surface area contributed by atoms with E-state index in [0.29, 0.717) is 12.8 Å². The summed E-state index contributed by atoms with van der Waals surface area (Å²) >= 11 is 0. The van der Waals surface area contributed by atoms with Gasteiger partial charge >= 0.3 is 11.9 Å². The zero-order valence-electron chi connectivity index (χ0n) is 11.2.